The Balaban J connectivity index is 1.14. The Morgan fingerprint density at radius 1 is 0.900 bits per heavy atom. The zero-order valence-corrected chi connectivity index (χ0v) is 22.1. The van der Waals surface area contributed by atoms with Crippen molar-refractivity contribution in [2.75, 3.05) is 25.5 Å². The number of hydrogen-bond donors (Lipinski definition) is 2. The number of anilines is 1. The molecule has 2 fully saturated rings. The number of piperidine rings is 1. The molecular formula is C31H31F2N3O4. The van der Waals surface area contributed by atoms with E-state index in [1.54, 1.807) is 17.0 Å². The number of hydrogen-bond acceptors (Lipinski definition) is 4. The lowest BCUT2D eigenvalue weighted by atomic mass is 9.89. The Kier molecular flexibility index (Phi) is 8.09. The van der Waals surface area contributed by atoms with Crippen LogP contribution in [0, 0.1) is 17.6 Å². The number of amides is 3. The van der Waals surface area contributed by atoms with Crippen molar-refractivity contribution in [3.8, 4) is 0 Å². The number of likely N-dealkylation sites (tertiary alicyclic amines) is 1. The number of halogens is 2. The topological polar surface area (TPSA) is 87.7 Å². The molecule has 3 aromatic rings. The van der Waals surface area contributed by atoms with E-state index in [0.29, 0.717) is 36.3 Å². The van der Waals surface area contributed by atoms with Gasteiger partial charge in [0.1, 0.15) is 6.04 Å². The number of nitrogens with zero attached hydrogens (tertiary/aromatic N) is 1. The van der Waals surface area contributed by atoms with Crippen LogP contribution in [0.1, 0.15) is 53.8 Å². The van der Waals surface area contributed by atoms with Crippen molar-refractivity contribution < 1.29 is 27.9 Å². The molecule has 0 spiro atoms. The summed E-state index contributed by atoms with van der Waals surface area (Å²) in [6, 6.07) is 19.8. The highest BCUT2D eigenvalue weighted by Gasteiger charge is 2.44. The van der Waals surface area contributed by atoms with Gasteiger partial charge >= 0.3 is 6.09 Å². The first-order valence-electron chi connectivity index (χ1n) is 13.4. The predicted molar refractivity (Wildman–Crippen MR) is 146 cm³/mol. The normalized spacial score (nSPS) is 19.4. The van der Waals surface area contributed by atoms with Crippen LogP contribution < -0.4 is 10.6 Å². The van der Waals surface area contributed by atoms with E-state index in [1.807, 2.05) is 42.5 Å². The summed E-state index contributed by atoms with van der Waals surface area (Å²) in [5, 5.41) is 5.58. The van der Waals surface area contributed by atoms with Crippen molar-refractivity contribution in [2.45, 2.75) is 37.1 Å². The fourth-order valence-electron chi connectivity index (χ4n) is 5.40. The van der Waals surface area contributed by atoms with Gasteiger partial charge < -0.3 is 20.3 Å². The number of methoxy groups -OCH3 is 1. The van der Waals surface area contributed by atoms with Crippen molar-refractivity contribution >= 4 is 23.6 Å². The summed E-state index contributed by atoms with van der Waals surface area (Å²) in [4.78, 5) is 39.7. The molecule has 3 atom stereocenters. The van der Waals surface area contributed by atoms with Gasteiger partial charge in [-0.3, -0.25) is 9.59 Å². The van der Waals surface area contributed by atoms with Gasteiger partial charge in [-0.1, -0.05) is 48.5 Å². The Labute approximate surface area is 231 Å². The summed E-state index contributed by atoms with van der Waals surface area (Å²) < 4.78 is 31.5. The van der Waals surface area contributed by atoms with Crippen molar-refractivity contribution in [2.24, 2.45) is 5.92 Å². The lowest BCUT2D eigenvalue weighted by Gasteiger charge is -2.34. The maximum absolute atomic E-state index is 13.5. The number of carbonyl (C=O) groups excluding carboxylic acids is 3. The number of carbonyl (C=O) groups is 3. The van der Waals surface area contributed by atoms with Crippen molar-refractivity contribution in [1.29, 1.82) is 0 Å². The van der Waals surface area contributed by atoms with Crippen LogP contribution >= 0.6 is 0 Å². The van der Waals surface area contributed by atoms with Crippen LogP contribution in [0.15, 0.2) is 72.8 Å². The Morgan fingerprint density at radius 2 is 1.57 bits per heavy atom. The highest BCUT2D eigenvalue weighted by molar-refractivity contribution is 5.95. The maximum atomic E-state index is 13.5. The van der Waals surface area contributed by atoms with Gasteiger partial charge in [-0.2, -0.15) is 0 Å². The minimum Gasteiger partial charge on any atom is -0.453 e. The molecular weight excluding hydrogens is 516 g/mol. The number of alkyl carbamates (subject to hydrolysis) is 1. The molecule has 0 bridgehead atoms. The highest BCUT2D eigenvalue weighted by atomic mass is 19.2. The lowest BCUT2D eigenvalue weighted by molar-refractivity contribution is -0.134. The molecule has 40 heavy (non-hydrogen) atoms. The van der Waals surface area contributed by atoms with Gasteiger partial charge in [-0.25, -0.2) is 13.6 Å². The molecule has 2 aliphatic rings. The van der Waals surface area contributed by atoms with Gasteiger partial charge in [-0.05, 0) is 72.1 Å². The second kappa shape index (κ2) is 11.9. The fourth-order valence-corrected chi connectivity index (χ4v) is 5.40. The van der Waals surface area contributed by atoms with Gasteiger partial charge in [0.05, 0.1) is 7.11 Å². The third-order valence-corrected chi connectivity index (χ3v) is 7.78. The van der Waals surface area contributed by atoms with E-state index in [1.165, 1.54) is 19.2 Å². The minimum absolute atomic E-state index is 0.105. The molecule has 2 N–H and O–H groups in total. The molecule has 5 rings (SSSR count). The standard InChI is InChI=1S/C31H31F2N3O4/c1-40-31(39)35-28(21-5-3-2-4-6-21)30(38)36-15-13-20(14-16-36)19-7-10-23(11-8-19)34-29(37)25-18-24(25)22-9-12-26(32)27(33)17-22/h2-12,17,20,24-25,28H,13-16,18H2,1H3,(H,34,37)(H,35,39)/t24?,25?,28-/m1/s1. The Morgan fingerprint density at radius 3 is 2.23 bits per heavy atom. The molecule has 2 unspecified atom stereocenters. The molecule has 9 heteroatoms. The first kappa shape index (κ1) is 27.3. The molecule has 1 heterocycles. The first-order chi connectivity index (χ1) is 19.3. The molecule has 0 radical (unpaired) electrons. The third kappa shape index (κ3) is 6.14. The molecule has 1 saturated carbocycles. The van der Waals surface area contributed by atoms with E-state index in [-0.39, 0.29) is 29.6 Å². The zero-order chi connectivity index (χ0) is 28.2. The Hall–Kier alpha value is -4.27. The quantitative estimate of drug-likeness (QED) is 0.408. The molecule has 7 nitrogen and oxygen atoms in total. The van der Waals surface area contributed by atoms with E-state index in [2.05, 4.69) is 10.6 Å². The smallest absolute Gasteiger partial charge is 0.407 e. The second-order valence-electron chi connectivity index (χ2n) is 10.3. The van der Waals surface area contributed by atoms with Gasteiger partial charge in [0.2, 0.25) is 11.8 Å². The molecule has 3 amide bonds. The molecule has 0 aromatic heterocycles. The van der Waals surface area contributed by atoms with E-state index in [4.69, 9.17) is 4.74 Å². The molecule has 1 aliphatic heterocycles. The Bertz CT molecular complexity index is 1380. The summed E-state index contributed by atoms with van der Waals surface area (Å²) >= 11 is 0. The largest absolute Gasteiger partial charge is 0.453 e. The minimum atomic E-state index is -0.900. The molecule has 1 aliphatic carbocycles. The maximum Gasteiger partial charge on any atom is 0.407 e. The van der Waals surface area contributed by atoms with Crippen molar-refractivity contribution in [1.82, 2.24) is 10.2 Å². The molecule has 208 valence electrons. The van der Waals surface area contributed by atoms with Crippen LogP contribution in [-0.2, 0) is 14.3 Å². The van der Waals surface area contributed by atoms with Gasteiger partial charge in [0.15, 0.2) is 11.6 Å². The van der Waals surface area contributed by atoms with Crippen LogP contribution in [0.25, 0.3) is 0 Å². The number of benzene rings is 3. The molecule has 3 aromatic carbocycles. The summed E-state index contributed by atoms with van der Waals surface area (Å²) in [5.41, 5.74) is 3.13. The number of ether oxygens (including phenoxy) is 1. The molecule has 1 saturated heterocycles. The van der Waals surface area contributed by atoms with Crippen LogP contribution in [0.5, 0.6) is 0 Å². The van der Waals surface area contributed by atoms with Crippen LogP contribution in [-0.4, -0.2) is 43.0 Å². The first-order valence-corrected chi connectivity index (χ1v) is 13.4. The summed E-state index contributed by atoms with van der Waals surface area (Å²) in [6.45, 7) is 1.11. The lowest BCUT2D eigenvalue weighted by Crippen LogP contribution is -2.45. The average Bonchev–Trinajstić information content (AvgIpc) is 3.79. The van der Waals surface area contributed by atoms with Crippen LogP contribution in [0.4, 0.5) is 19.3 Å². The predicted octanol–water partition coefficient (Wildman–Crippen LogP) is 5.51. The van der Waals surface area contributed by atoms with Crippen LogP contribution in [0.3, 0.4) is 0 Å². The van der Waals surface area contributed by atoms with E-state index >= 15 is 0 Å². The number of rotatable bonds is 7. The third-order valence-electron chi connectivity index (χ3n) is 7.78. The summed E-state index contributed by atoms with van der Waals surface area (Å²) in [6.07, 6.45) is 1.49. The van der Waals surface area contributed by atoms with Gasteiger partial charge in [0.25, 0.3) is 0 Å². The van der Waals surface area contributed by atoms with Crippen molar-refractivity contribution in [3.63, 3.8) is 0 Å². The van der Waals surface area contributed by atoms with Crippen LogP contribution in [0.2, 0.25) is 0 Å². The number of nitrogens with one attached hydrogen (secondary N) is 2. The van der Waals surface area contributed by atoms with Crippen molar-refractivity contribution in [3.05, 3.63) is 101 Å². The highest BCUT2D eigenvalue weighted by Crippen LogP contribution is 2.48. The monoisotopic (exact) mass is 547 g/mol. The summed E-state index contributed by atoms with van der Waals surface area (Å²) in [7, 11) is 1.27. The average molecular weight is 548 g/mol. The van der Waals surface area contributed by atoms with E-state index in [9.17, 15) is 23.2 Å². The van der Waals surface area contributed by atoms with E-state index < -0.39 is 23.8 Å². The van der Waals surface area contributed by atoms with Gasteiger partial charge in [-0.15, -0.1) is 0 Å². The van der Waals surface area contributed by atoms with E-state index in [0.717, 1.165) is 24.5 Å². The second-order valence-corrected chi connectivity index (χ2v) is 10.3. The van der Waals surface area contributed by atoms with Gasteiger partial charge in [0, 0.05) is 24.7 Å². The summed E-state index contributed by atoms with van der Waals surface area (Å²) in [5.74, 6) is -2.21. The zero-order valence-electron chi connectivity index (χ0n) is 22.1. The fraction of sp³-hybridized carbons (Fsp3) is 0.323. The SMILES string of the molecule is COC(=O)N[C@@H](C(=O)N1CCC(c2ccc(NC(=O)C3CC3c3ccc(F)c(F)c3)cc2)CC1)c1ccccc1.